The number of morpholine rings is 1. The van der Waals surface area contributed by atoms with E-state index >= 15 is 0 Å². The highest BCUT2D eigenvalue weighted by Gasteiger charge is 2.27. The molecule has 2 N–H and O–H groups in total. The van der Waals surface area contributed by atoms with Crippen LogP contribution in [0.2, 0.25) is 0 Å². The van der Waals surface area contributed by atoms with Crippen molar-refractivity contribution in [3.05, 3.63) is 35.6 Å². The summed E-state index contributed by atoms with van der Waals surface area (Å²) < 4.78 is 11.0. The second kappa shape index (κ2) is 6.93. The second-order valence-corrected chi connectivity index (χ2v) is 6.62. The minimum absolute atomic E-state index is 0.166. The highest BCUT2D eigenvalue weighted by atomic mass is 16.5. The van der Waals surface area contributed by atoms with Crippen LogP contribution < -0.4 is 5.32 Å². The Bertz CT molecular complexity index is 717. The highest BCUT2D eigenvalue weighted by Crippen LogP contribution is 2.24. The Hall–Kier alpha value is -1.89. The Kier molecular flexibility index (Phi) is 4.89. The van der Waals surface area contributed by atoms with Gasteiger partial charge in [0.05, 0.1) is 18.8 Å². The maximum absolute atomic E-state index is 12.4. The summed E-state index contributed by atoms with van der Waals surface area (Å²) in [5.74, 6) is 0.00400. The van der Waals surface area contributed by atoms with Crippen molar-refractivity contribution in [1.82, 2.24) is 10.2 Å². The lowest BCUT2D eigenvalue weighted by molar-refractivity contribution is -0.0213. The molecule has 1 atom stereocenters. The molecule has 1 fully saturated rings. The Morgan fingerprint density at radius 3 is 2.75 bits per heavy atom. The van der Waals surface area contributed by atoms with Crippen molar-refractivity contribution in [3.8, 4) is 0 Å². The molecule has 2 aromatic rings. The van der Waals surface area contributed by atoms with Crippen LogP contribution in [0.1, 0.15) is 23.0 Å². The molecule has 1 aliphatic heterocycles. The molecule has 3 rings (SSSR count). The average Bonchev–Trinajstić information content (AvgIpc) is 2.91. The molecule has 1 amide bonds. The first kappa shape index (κ1) is 17.0. The number of nitrogens with zero attached hydrogens (tertiary/aromatic N) is 1. The fourth-order valence-corrected chi connectivity index (χ4v) is 3.04. The van der Waals surface area contributed by atoms with Crippen LogP contribution >= 0.6 is 0 Å². The van der Waals surface area contributed by atoms with E-state index in [4.69, 9.17) is 9.15 Å². The number of β-amino-alcohol motifs (C(OH)–C–C–N with tert-alkyl or cyclic N) is 1. The lowest BCUT2D eigenvalue weighted by atomic mass is 10.1. The number of nitrogens with one attached hydrogen (secondary N) is 1. The largest absolute Gasteiger partial charge is 0.451 e. The topological polar surface area (TPSA) is 74.9 Å². The predicted molar refractivity (Wildman–Crippen MR) is 91.2 cm³/mol. The van der Waals surface area contributed by atoms with Crippen molar-refractivity contribution in [2.24, 2.45) is 0 Å². The molecule has 0 saturated carbocycles. The number of furan rings is 1. The van der Waals surface area contributed by atoms with E-state index in [9.17, 15) is 9.90 Å². The lowest BCUT2D eigenvalue weighted by Crippen LogP contribution is -2.51. The molecular formula is C18H24N2O4. The number of amides is 1. The van der Waals surface area contributed by atoms with E-state index in [1.165, 1.54) is 0 Å². The van der Waals surface area contributed by atoms with Gasteiger partial charge in [0.25, 0.3) is 5.91 Å². The van der Waals surface area contributed by atoms with E-state index in [0.717, 1.165) is 24.0 Å². The SMILES string of the molecule is Cc1c(C(=O)NCC(C)(O)CN2CCOCC2)oc2ccccc12. The quantitative estimate of drug-likeness (QED) is 0.869. The van der Waals surface area contributed by atoms with Crippen molar-refractivity contribution < 1.29 is 19.1 Å². The summed E-state index contributed by atoms with van der Waals surface area (Å²) >= 11 is 0. The summed E-state index contributed by atoms with van der Waals surface area (Å²) in [5, 5.41) is 14.3. The number of fused-ring (bicyclic) bond motifs is 1. The molecule has 0 aliphatic carbocycles. The molecule has 1 aliphatic rings. The van der Waals surface area contributed by atoms with Gasteiger partial charge in [0.15, 0.2) is 5.76 Å². The minimum Gasteiger partial charge on any atom is -0.451 e. The molecule has 6 nitrogen and oxygen atoms in total. The fourth-order valence-electron chi connectivity index (χ4n) is 3.04. The third-order valence-electron chi connectivity index (χ3n) is 4.35. The van der Waals surface area contributed by atoms with Gasteiger partial charge in [0.1, 0.15) is 5.58 Å². The van der Waals surface area contributed by atoms with Gasteiger partial charge in [-0.05, 0) is 19.9 Å². The average molecular weight is 332 g/mol. The Balaban J connectivity index is 1.62. The maximum atomic E-state index is 12.4. The number of benzene rings is 1. The van der Waals surface area contributed by atoms with Crippen molar-refractivity contribution in [1.29, 1.82) is 0 Å². The molecule has 2 heterocycles. The van der Waals surface area contributed by atoms with Gasteiger partial charge in [-0.2, -0.15) is 0 Å². The zero-order chi connectivity index (χ0) is 17.2. The summed E-state index contributed by atoms with van der Waals surface area (Å²) in [6, 6.07) is 7.56. The Morgan fingerprint density at radius 2 is 2.04 bits per heavy atom. The van der Waals surface area contributed by atoms with Crippen molar-refractivity contribution in [3.63, 3.8) is 0 Å². The lowest BCUT2D eigenvalue weighted by Gasteiger charge is -2.33. The first-order valence-electron chi connectivity index (χ1n) is 8.25. The number of hydrogen-bond donors (Lipinski definition) is 2. The number of para-hydroxylation sites is 1. The van der Waals surface area contributed by atoms with Gasteiger partial charge in [-0.3, -0.25) is 9.69 Å². The van der Waals surface area contributed by atoms with E-state index in [0.29, 0.717) is 31.1 Å². The third kappa shape index (κ3) is 3.77. The highest BCUT2D eigenvalue weighted by molar-refractivity contribution is 5.98. The third-order valence-corrected chi connectivity index (χ3v) is 4.35. The molecule has 6 heteroatoms. The van der Waals surface area contributed by atoms with Crippen molar-refractivity contribution >= 4 is 16.9 Å². The zero-order valence-electron chi connectivity index (χ0n) is 14.2. The number of aliphatic hydroxyl groups is 1. The summed E-state index contributed by atoms with van der Waals surface area (Å²) in [7, 11) is 0. The molecule has 1 aromatic heterocycles. The standard InChI is InChI=1S/C18H24N2O4/c1-13-14-5-3-4-6-15(14)24-16(13)17(21)19-11-18(2,22)12-20-7-9-23-10-8-20/h3-6,22H,7-12H2,1-2H3,(H,19,21). The molecule has 1 aromatic carbocycles. The number of ether oxygens (including phenoxy) is 1. The van der Waals surface area contributed by atoms with E-state index in [2.05, 4.69) is 10.2 Å². The van der Waals surface area contributed by atoms with Crippen LogP contribution in [0.5, 0.6) is 0 Å². The Labute approximate surface area is 141 Å². The molecule has 0 spiro atoms. The molecular weight excluding hydrogens is 308 g/mol. The normalized spacial score (nSPS) is 18.5. The first-order chi connectivity index (χ1) is 11.5. The molecule has 24 heavy (non-hydrogen) atoms. The smallest absolute Gasteiger partial charge is 0.287 e. The van der Waals surface area contributed by atoms with E-state index in [-0.39, 0.29) is 12.5 Å². The van der Waals surface area contributed by atoms with E-state index in [1.807, 2.05) is 31.2 Å². The van der Waals surface area contributed by atoms with Crippen LogP contribution in [-0.2, 0) is 4.74 Å². The number of carbonyl (C=O) groups is 1. The van der Waals surface area contributed by atoms with Crippen LogP contribution in [0.15, 0.2) is 28.7 Å². The van der Waals surface area contributed by atoms with Gasteiger partial charge < -0.3 is 19.6 Å². The van der Waals surface area contributed by atoms with E-state index < -0.39 is 5.60 Å². The number of aryl methyl sites for hydroxylation is 1. The summed E-state index contributed by atoms with van der Waals surface area (Å²) in [5.41, 5.74) is 0.503. The zero-order valence-corrected chi connectivity index (χ0v) is 14.2. The summed E-state index contributed by atoms with van der Waals surface area (Å²) in [6.45, 7) is 7.22. The van der Waals surface area contributed by atoms with Gasteiger partial charge in [0, 0.05) is 37.1 Å². The van der Waals surface area contributed by atoms with Crippen LogP contribution in [0, 0.1) is 6.92 Å². The van der Waals surface area contributed by atoms with Gasteiger partial charge in [-0.1, -0.05) is 18.2 Å². The first-order valence-corrected chi connectivity index (χ1v) is 8.25. The Morgan fingerprint density at radius 1 is 1.33 bits per heavy atom. The molecule has 130 valence electrons. The molecule has 0 bridgehead atoms. The molecule has 0 radical (unpaired) electrons. The number of carbonyl (C=O) groups excluding carboxylic acids is 1. The van der Waals surface area contributed by atoms with Gasteiger partial charge >= 0.3 is 0 Å². The van der Waals surface area contributed by atoms with Crippen molar-refractivity contribution in [2.75, 3.05) is 39.4 Å². The number of hydrogen-bond acceptors (Lipinski definition) is 5. The van der Waals surface area contributed by atoms with Crippen LogP contribution in [0.3, 0.4) is 0 Å². The van der Waals surface area contributed by atoms with Crippen LogP contribution in [0.25, 0.3) is 11.0 Å². The maximum Gasteiger partial charge on any atom is 0.287 e. The summed E-state index contributed by atoms with van der Waals surface area (Å²) in [4.78, 5) is 14.6. The minimum atomic E-state index is -1.01. The molecule has 1 unspecified atom stereocenters. The summed E-state index contributed by atoms with van der Waals surface area (Å²) in [6.07, 6.45) is 0. The van der Waals surface area contributed by atoms with Gasteiger partial charge in [-0.15, -0.1) is 0 Å². The predicted octanol–water partition coefficient (Wildman–Crippen LogP) is 1.55. The van der Waals surface area contributed by atoms with Gasteiger partial charge in [0.2, 0.25) is 0 Å². The fraction of sp³-hybridized carbons (Fsp3) is 0.500. The van der Waals surface area contributed by atoms with Gasteiger partial charge in [-0.25, -0.2) is 0 Å². The number of rotatable bonds is 5. The second-order valence-electron chi connectivity index (χ2n) is 6.62. The van der Waals surface area contributed by atoms with Crippen LogP contribution in [0.4, 0.5) is 0 Å². The van der Waals surface area contributed by atoms with Crippen LogP contribution in [-0.4, -0.2) is 60.9 Å². The van der Waals surface area contributed by atoms with E-state index in [1.54, 1.807) is 6.92 Å². The van der Waals surface area contributed by atoms with Crippen molar-refractivity contribution in [2.45, 2.75) is 19.4 Å². The monoisotopic (exact) mass is 332 g/mol. The molecule has 1 saturated heterocycles.